The zero-order valence-electron chi connectivity index (χ0n) is 16.1. The molecule has 2 rings (SSSR count). The molecule has 0 aliphatic rings. The smallest absolute Gasteiger partial charge is 0.126 e. The van der Waals surface area contributed by atoms with Crippen LogP contribution in [0.5, 0.6) is 0 Å². The zero-order chi connectivity index (χ0) is 17.9. The van der Waals surface area contributed by atoms with Crippen LogP contribution in [0.15, 0.2) is 36.5 Å². The summed E-state index contributed by atoms with van der Waals surface area (Å²) in [6.45, 7) is 5.52. The number of nitrogens with zero attached hydrogens (tertiary/aromatic N) is 2. The third kappa shape index (κ3) is 6.32. The van der Waals surface area contributed by atoms with Crippen LogP contribution in [0.1, 0.15) is 83.5 Å². The number of nitrogens with two attached hydrogens (primary N) is 1. The highest BCUT2D eigenvalue weighted by molar-refractivity contribution is 5.58. The molecule has 0 fully saturated rings. The fourth-order valence-corrected chi connectivity index (χ4v) is 3.28. The van der Waals surface area contributed by atoms with Crippen molar-refractivity contribution in [2.75, 3.05) is 0 Å². The van der Waals surface area contributed by atoms with E-state index in [-0.39, 0.29) is 6.04 Å². The van der Waals surface area contributed by atoms with Gasteiger partial charge in [0, 0.05) is 18.3 Å². The minimum Gasteiger partial charge on any atom is -0.333 e. The van der Waals surface area contributed by atoms with Crippen LogP contribution in [0.4, 0.5) is 0 Å². The average Bonchev–Trinajstić information content (AvgIpc) is 3.07. The normalized spacial score (nSPS) is 12.4. The van der Waals surface area contributed by atoms with Crippen molar-refractivity contribution < 1.29 is 0 Å². The Morgan fingerprint density at radius 2 is 1.60 bits per heavy atom. The molecular weight excluding hydrogens is 306 g/mol. The molecule has 0 bridgehead atoms. The van der Waals surface area contributed by atoms with Crippen molar-refractivity contribution in [3.8, 4) is 11.3 Å². The van der Waals surface area contributed by atoms with Gasteiger partial charge in [-0.05, 0) is 12.8 Å². The standard InChI is InChI=1S/C22H35N3/c1-3-5-7-12-16-20(23)22-24-21(19-14-10-9-11-15-19)18-25(22)17-13-8-6-4-2/h9-11,14-15,18,20H,3-8,12-13,16-17,23H2,1-2H3. The van der Waals surface area contributed by atoms with Gasteiger partial charge in [-0.1, -0.05) is 89.1 Å². The van der Waals surface area contributed by atoms with E-state index in [4.69, 9.17) is 10.7 Å². The summed E-state index contributed by atoms with van der Waals surface area (Å²) >= 11 is 0. The van der Waals surface area contributed by atoms with Crippen molar-refractivity contribution in [2.45, 2.75) is 84.2 Å². The molecular formula is C22H35N3. The summed E-state index contributed by atoms with van der Waals surface area (Å²) in [6.07, 6.45) is 13.3. The summed E-state index contributed by atoms with van der Waals surface area (Å²) < 4.78 is 2.31. The third-order valence-corrected chi connectivity index (χ3v) is 4.83. The summed E-state index contributed by atoms with van der Waals surface area (Å²) in [5.41, 5.74) is 8.74. The van der Waals surface area contributed by atoms with E-state index in [1.165, 1.54) is 56.9 Å². The van der Waals surface area contributed by atoms with Crippen LogP contribution in [0.25, 0.3) is 11.3 Å². The number of imidazole rings is 1. The molecule has 0 amide bonds. The van der Waals surface area contributed by atoms with Gasteiger partial charge in [-0.2, -0.15) is 0 Å². The Bertz CT molecular complexity index is 589. The molecule has 0 spiro atoms. The quantitative estimate of drug-likeness (QED) is 0.474. The van der Waals surface area contributed by atoms with Crippen molar-refractivity contribution in [2.24, 2.45) is 5.73 Å². The maximum Gasteiger partial charge on any atom is 0.126 e. The lowest BCUT2D eigenvalue weighted by Crippen LogP contribution is -2.16. The molecule has 1 aromatic heterocycles. The van der Waals surface area contributed by atoms with Gasteiger partial charge >= 0.3 is 0 Å². The van der Waals surface area contributed by atoms with Crippen LogP contribution >= 0.6 is 0 Å². The minimum absolute atomic E-state index is 0.0421. The third-order valence-electron chi connectivity index (χ3n) is 4.83. The topological polar surface area (TPSA) is 43.8 Å². The number of hydrogen-bond donors (Lipinski definition) is 1. The van der Waals surface area contributed by atoms with Crippen LogP contribution < -0.4 is 5.73 Å². The van der Waals surface area contributed by atoms with Crippen molar-refractivity contribution in [1.82, 2.24) is 9.55 Å². The molecule has 0 saturated heterocycles. The van der Waals surface area contributed by atoms with E-state index < -0.39 is 0 Å². The molecule has 0 aliphatic carbocycles. The maximum absolute atomic E-state index is 6.52. The number of unbranched alkanes of at least 4 members (excludes halogenated alkanes) is 6. The van der Waals surface area contributed by atoms with Gasteiger partial charge in [-0.15, -0.1) is 0 Å². The molecule has 25 heavy (non-hydrogen) atoms. The maximum atomic E-state index is 6.52. The highest BCUT2D eigenvalue weighted by atomic mass is 15.1. The Labute approximate surface area is 153 Å². The lowest BCUT2D eigenvalue weighted by molar-refractivity contribution is 0.501. The molecule has 0 radical (unpaired) electrons. The van der Waals surface area contributed by atoms with E-state index in [1.807, 2.05) is 6.07 Å². The lowest BCUT2D eigenvalue weighted by atomic mass is 10.1. The fourth-order valence-electron chi connectivity index (χ4n) is 3.28. The SMILES string of the molecule is CCCCCCC(N)c1nc(-c2ccccc2)cn1CCCCCC. The van der Waals surface area contributed by atoms with Gasteiger partial charge in [0.2, 0.25) is 0 Å². The van der Waals surface area contributed by atoms with Crippen molar-refractivity contribution >= 4 is 0 Å². The first kappa shape index (κ1) is 19.7. The first-order chi connectivity index (χ1) is 12.3. The van der Waals surface area contributed by atoms with E-state index in [1.54, 1.807) is 0 Å². The molecule has 1 aromatic carbocycles. The molecule has 0 saturated carbocycles. The highest BCUT2D eigenvalue weighted by Gasteiger charge is 2.16. The fraction of sp³-hybridized carbons (Fsp3) is 0.591. The van der Waals surface area contributed by atoms with Crippen LogP contribution in [-0.2, 0) is 6.54 Å². The average molecular weight is 342 g/mol. The Kier molecular flexibility index (Phi) is 8.75. The molecule has 1 heterocycles. The van der Waals surface area contributed by atoms with Gasteiger partial charge in [-0.3, -0.25) is 0 Å². The van der Waals surface area contributed by atoms with Gasteiger partial charge in [0.1, 0.15) is 5.82 Å². The largest absolute Gasteiger partial charge is 0.333 e. The van der Waals surface area contributed by atoms with Crippen molar-refractivity contribution in [3.05, 3.63) is 42.4 Å². The van der Waals surface area contributed by atoms with Gasteiger partial charge in [0.25, 0.3) is 0 Å². The summed E-state index contributed by atoms with van der Waals surface area (Å²) in [5.74, 6) is 1.06. The number of rotatable bonds is 12. The number of benzene rings is 1. The summed E-state index contributed by atoms with van der Waals surface area (Å²) in [4.78, 5) is 4.92. The predicted octanol–water partition coefficient (Wildman–Crippen LogP) is 6.10. The minimum atomic E-state index is 0.0421. The Hall–Kier alpha value is -1.61. The number of aromatic nitrogens is 2. The highest BCUT2D eigenvalue weighted by Crippen LogP contribution is 2.24. The summed E-state index contributed by atoms with van der Waals surface area (Å²) in [5, 5.41) is 0. The van der Waals surface area contributed by atoms with Crippen LogP contribution in [-0.4, -0.2) is 9.55 Å². The van der Waals surface area contributed by atoms with E-state index >= 15 is 0 Å². The van der Waals surface area contributed by atoms with Crippen LogP contribution in [0.3, 0.4) is 0 Å². The van der Waals surface area contributed by atoms with E-state index in [9.17, 15) is 0 Å². The van der Waals surface area contributed by atoms with Crippen LogP contribution in [0.2, 0.25) is 0 Å². The molecule has 3 heteroatoms. The molecule has 3 nitrogen and oxygen atoms in total. The second kappa shape index (κ2) is 11.1. The molecule has 138 valence electrons. The van der Waals surface area contributed by atoms with E-state index in [0.29, 0.717) is 0 Å². The Morgan fingerprint density at radius 3 is 2.28 bits per heavy atom. The molecule has 2 aromatic rings. The molecule has 1 atom stereocenters. The number of aryl methyl sites for hydroxylation is 1. The summed E-state index contributed by atoms with van der Waals surface area (Å²) in [7, 11) is 0. The first-order valence-corrected chi connectivity index (χ1v) is 10.1. The zero-order valence-corrected chi connectivity index (χ0v) is 16.1. The number of hydrogen-bond acceptors (Lipinski definition) is 2. The van der Waals surface area contributed by atoms with Crippen LogP contribution in [0, 0.1) is 0 Å². The second-order valence-electron chi connectivity index (χ2n) is 7.06. The van der Waals surface area contributed by atoms with Gasteiger partial charge < -0.3 is 10.3 Å². The summed E-state index contributed by atoms with van der Waals surface area (Å²) in [6, 6.07) is 10.5. The van der Waals surface area contributed by atoms with E-state index in [0.717, 1.165) is 24.5 Å². The van der Waals surface area contributed by atoms with Gasteiger partial charge in [0.15, 0.2) is 0 Å². The lowest BCUT2D eigenvalue weighted by Gasteiger charge is -2.14. The predicted molar refractivity (Wildman–Crippen MR) is 107 cm³/mol. The molecule has 1 unspecified atom stereocenters. The Morgan fingerprint density at radius 1 is 0.920 bits per heavy atom. The monoisotopic (exact) mass is 341 g/mol. The Balaban J connectivity index is 2.09. The van der Waals surface area contributed by atoms with Gasteiger partial charge in [0.05, 0.1) is 11.7 Å². The van der Waals surface area contributed by atoms with E-state index in [2.05, 4.69) is 48.9 Å². The first-order valence-electron chi connectivity index (χ1n) is 10.1. The molecule has 0 aliphatic heterocycles. The second-order valence-corrected chi connectivity index (χ2v) is 7.06. The van der Waals surface area contributed by atoms with Crippen molar-refractivity contribution in [3.63, 3.8) is 0 Å². The van der Waals surface area contributed by atoms with Gasteiger partial charge in [-0.25, -0.2) is 4.98 Å². The van der Waals surface area contributed by atoms with Crippen molar-refractivity contribution in [1.29, 1.82) is 0 Å². The molecule has 2 N–H and O–H groups in total.